The number of aryl methyl sites for hydroxylation is 2. The van der Waals surface area contributed by atoms with Crippen LogP contribution in [0.25, 0.3) is 33.3 Å². The monoisotopic (exact) mass is 654 g/mol. The molecule has 0 fully saturated rings. The summed E-state index contributed by atoms with van der Waals surface area (Å²) in [6.07, 6.45) is 1.15. The largest absolute Gasteiger partial charge is 0.462 e. The zero-order valence-electron chi connectivity index (χ0n) is 21.9. The van der Waals surface area contributed by atoms with Crippen molar-refractivity contribution in [2.24, 2.45) is 10.8 Å². The molecule has 5 nitrogen and oxygen atoms in total. The standard InChI is InChI=1S/C18H13N2O.C11H24O2.Ir/c1-11-7-12(2)9-13(8-11)16-18-17(20-10-19-16)14-5-3-4-6-15(14)21-18;1-10(2,3)8(12)7-9(13)11(4,5)6;/h3-8,10H,1-2H3;8-9,12-13H,7H2,1-6H3;/q-1;;. The van der Waals surface area contributed by atoms with Crippen molar-refractivity contribution in [3.8, 4) is 11.3 Å². The van der Waals surface area contributed by atoms with Gasteiger partial charge in [0, 0.05) is 37.6 Å². The van der Waals surface area contributed by atoms with Crippen LogP contribution in [-0.2, 0) is 20.1 Å². The SMILES string of the molecule is CC(C)(C)C(O)CC(O)C(C)(C)C.Cc1[c-]c(-c2ncnc3c2oc2ccccc23)cc(C)c1.[Ir]. The molecule has 0 amide bonds. The molecule has 0 aliphatic heterocycles. The van der Waals surface area contributed by atoms with Crippen molar-refractivity contribution in [1.82, 2.24) is 9.97 Å². The van der Waals surface area contributed by atoms with Crippen LogP contribution >= 0.6 is 0 Å². The molecule has 0 aliphatic carbocycles. The third-order valence-electron chi connectivity index (χ3n) is 6.01. The van der Waals surface area contributed by atoms with E-state index in [2.05, 4.69) is 35.1 Å². The second kappa shape index (κ2) is 11.3. The van der Waals surface area contributed by atoms with Crippen LogP contribution in [0.3, 0.4) is 0 Å². The predicted molar refractivity (Wildman–Crippen MR) is 139 cm³/mol. The Morgan fingerprint density at radius 2 is 1.51 bits per heavy atom. The van der Waals surface area contributed by atoms with E-state index in [1.807, 2.05) is 72.7 Å². The van der Waals surface area contributed by atoms with E-state index in [-0.39, 0.29) is 30.9 Å². The van der Waals surface area contributed by atoms with Gasteiger partial charge in [-0.1, -0.05) is 67.5 Å². The molecule has 2 N–H and O–H groups in total. The summed E-state index contributed by atoms with van der Waals surface area (Å²) < 4.78 is 5.97. The van der Waals surface area contributed by atoms with E-state index < -0.39 is 12.2 Å². The number of furan rings is 1. The molecule has 2 aromatic carbocycles. The van der Waals surface area contributed by atoms with Crippen molar-refractivity contribution >= 4 is 22.1 Å². The fourth-order valence-electron chi connectivity index (χ4n) is 3.66. The number of aliphatic hydroxyl groups is 2. The van der Waals surface area contributed by atoms with Gasteiger partial charge in [-0.25, -0.2) is 4.98 Å². The van der Waals surface area contributed by atoms with Crippen LogP contribution in [0, 0.1) is 30.7 Å². The van der Waals surface area contributed by atoms with E-state index >= 15 is 0 Å². The van der Waals surface area contributed by atoms with Gasteiger partial charge in [0.05, 0.1) is 12.2 Å². The summed E-state index contributed by atoms with van der Waals surface area (Å²) >= 11 is 0. The van der Waals surface area contributed by atoms with E-state index in [9.17, 15) is 10.2 Å². The molecular weight excluding hydrogens is 617 g/mol. The Balaban J connectivity index is 0.000000271. The minimum Gasteiger partial charge on any atom is -0.462 e. The number of benzene rings is 2. The molecular formula is C29H37IrN2O3-. The summed E-state index contributed by atoms with van der Waals surface area (Å²) in [6.45, 7) is 16.0. The molecule has 6 heteroatoms. The molecule has 0 bridgehead atoms. The van der Waals surface area contributed by atoms with Crippen LogP contribution in [0.1, 0.15) is 59.1 Å². The Hall–Kier alpha value is -2.11. The Bertz CT molecular complexity index is 1230. The fraction of sp³-hybridized carbons (Fsp3) is 0.448. The molecule has 1 radical (unpaired) electrons. The molecule has 2 unspecified atom stereocenters. The smallest absolute Gasteiger partial charge is 0.138 e. The number of fused-ring (bicyclic) bond motifs is 3. The van der Waals surface area contributed by atoms with Crippen LogP contribution < -0.4 is 0 Å². The second-order valence-corrected chi connectivity index (χ2v) is 11.3. The van der Waals surface area contributed by atoms with Gasteiger partial charge in [-0.3, -0.25) is 4.98 Å². The van der Waals surface area contributed by atoms with Crippen LogP contribution in [-0.4, -0.2) is 32.4 Å². The number of aliphatic hydroxyl groups excluding tert-OH is 2. The minimum absolute atomic E-state index is 0. The van der Waals surface area contributed by atoms with E-state index in [1.54, 1.807) is 6.33 Å². The van der Waals surface area contributed by atoms with E-state index in [4.69, 9.17) is 4.42 Å². The summed E-state index contributed by atoms with van der Waals surface area (Å²) in [4.78, 5) is 8.80. The average Bonchev–Trinajstić information content (AvgIpc) is 3.11. The molecule has 0 aliphatic rings. The Labute approximate surface area is 222 Å². The Morgan fingerprint density at radius 3 is 2.09 bits per heavy atom. The van der Waals surface area contributed by atoms with Gasteiger partial charge in [0.2, 0.25) is 0 Å². The maximum Gasteiger partial charge on any atom is 0.138 e. The third-order valence-corrected chi connectivity index (χ3v) is 6.01. The number of hydrogen-bond acceptors (Lipinski definition) is 5. The van der Waals surface area contributed by atoms with Gasteiger partial charge < -0.3 is 14.6 Å². The van der Waals surface area contributed by atoms with Gasteiger partial charge >= 0.3 is 0 Å². The Morgan fingerprint density at radius 1 is 0.914 bits per heavy atom. The van der Waals surface area contributed by atoms with E-state index in [0.717, 1.165) is 38.9 Å². The van der Waals surface area contributed by atoms with Crippen LogP contribution in [0.5, 0.6) is 0 Å². The number of rotatable bonds is 3. The van der Waals surface area contributed by atoms with Crippen molar-refractivity contribution in [2.45, 2.75) is 74.0 Å². The van der Waals surface area contributed by atoms with Crippen molar-refractivity contribution < 1.29 is 34.7 Å². The quantitative estimate of drug-likeness (QED) is 0.242. The third kappa shape index (κ3) is 7.20. The van der Waals surface area contributed by atoms with Crippen molar-refractivity contribution in [1.29, 1.82) is 0 Å². The predicted octanol–water partition coefficient (Wildman–Crippen LogP) is 6.65. The molecule has 0 spiro atoms. The fourth-order valence-corrected chi connectivity index (χ4v) is 3.66. The van der Waals surface area contributed by atoms with Crippen LogP contribution in [0.15, 0.2) is 47.1 Å². The summed E-state index contributed by atoms with van der Waals surface area (Å²) in [5.41, 5.74) is 6.12. The molecule has 35 heavy (non-hydrogen) atoms. The second-order valence-electron chi connectivity index (χ2n) is 11.3. The van der Waals surface area contributed by atoms with Crippen LogP contribution in [0.4, 0.5) is 0 Å². The molecule has 4 aromatic rings. The van der Waals surface area contributed by atoms with Gasteiger partial charge in [-0.15, -0.1) is 34.9 Å². The maximum atomic E-state index is 9.76. The number of hydrogen-bond donors (Lipinski definition) is 2. The van der Waals surface area contributed by atoms with Crippen LogP contribution in [0.2, 0.25) is 0 Å². The minimum atomic E-state index is -0.443. The van der Waals surface area contributed by atoms with Crippen molar-refractivity contribution in [3.63, 3.8) is 0 Å². The van der Waals surface area contributed by atoms with Gasteiger partial charge in [0.15, 0.2) is 0 Å². The van der Waals surface area contributed by atoms with Gasteiger partial charge in [0.25, 0.3) is 0 Å². The maximum absolute atomic E-state index is 9.76. The summed E-state index contributed by atoms with van der Waals surface area (Å²) in [5, 5.41) is 20.5. The average molecular weight is 654 g/mol. The van der Waals surface area contributed by atoms with Gasteiger partial charge in [-0.05, 0) is 23.0 Å². The number of aromatic nitrogens is 2. The van der Waals surface area contributed by atoms with Crippen molar-refractivity contribution in [2.75, 3.05) is 0 Å². The molecule has 2 aromatic heterocycles. The first-order chi connectivity index (χ1) is 15.8. The molecule has 2 heterocycles. The first-order valence-corrected chi connectivity index (χ1v) is 11.8. The van der Waals surface area contributed by atoms with E-state index in [0.29, 0.717) is 6.42 Å². The summed E-state index contributed by atoms with van der Waals surface area (Å²) in [7, 11) is 0. The Kier molecular flexibility index (Phi) is 9.40. The molecule has 0 saturated carbocycles. The van der Waals surface area contributed by atoms with E-state index in [1.165, 1.54) is 5.56 Å². The first kappa shape index (κ1) is 29.1. The normalized spacial score (nSPS) is 13.7. The first-order valence-electron chi connectivity index (χ1n) is 11.8. The molecule has 0 saturated heterocycles. The van der Waals surface area contributed by atoms with Gasteiger partial charge in [-0.2, -0.15) is 0 Å². The summed E-state index contributed by atoms with van der Waals surface area (Å²) in [5.74, 6) is 0. The van der Waals surface area contributed by atoms with Gasteiger partial charge in [0.1, 0.15) is 23.0 Å². The number of para-hydroxylation sites is 1. The zero-order valence-corrected chi connectivity index (χ0v) is 24.3. The zero-order chi connectivity index (χ0) is 25.3. The summed E-state index contributed by atoms with van der Waals surface area (Å²) in [6, 6.07) is 15.4. The molecule has 4 rings (SSSR count). The topological polar surface area (TPSA) is 79.4 Å². The number of nitrogens with zero attached hydrogens (tertiary/aromatic N) is 2. The molecule has 2 atom stereocenters. The molecule has 191 valence electrons. The van der Waals surface area contributed by atoms with Crippen molar-refractivity contribution in [3.05, 3.63) is 59.9 Å².